The van der Waals surface area contributed by atoms with Gasteiger partial charge in [-0.3, -0.25) is 4.79 Å². The quantitative estimate of drug-likeness (QED) is 0.547. The zero-order chi connectivity index (χ0) is 8.88. The summed E-state index contributed by atoms with van der Waals surface area (Å²) in [6.45, 7) is 0.960. The minimum atomic E-state index is -0.898. The molecule has 0 bridgehead atoms. The molecule has 1 heterocycles. The van der Waals surface area contributed by atoms with Crippen molar-refractivity contribution in [2.75, 3.05) is 13.1 Å². The van der Waals surface area contributed by atoms with Crippen LogP contribution in [0.1, 0.15) is 0 Å². The number of piperidine rings is 1. The van der Waals surface area contributed by atoms with Gasteiger partial charge in [0.2, 0.25) is 5.91 Å². The van der Waals surface area contributed by atoms with E-state index < -0.39 is 6.09 Å². The van der Waals surface area contributed by atoms with E-state index in [9.17, 15) is 9.59 Å². The van der Waals surface area contributed by atoms with Crippen LogP contribution in [0.5, 0.6) is 0 Å². The lowest BCUT2D eigenvalue weighted by molar-refractivity contribution is -0.120. The van der Waals surface area contributed by atoms with Gasteiger partial charge in [0.1, 0.15) is 0 Å². The number of carbonyl (C=O) groups excluding carboxylic acids is 1. The van der Waals surface area contributed by atoms with E-state index in [1.807, 2.05) is 0 Å². The second-order valence-corrected chi connectivity index (χ2v) is 3.44. The van der Waals surface area contributed by atoms with E-state index in [2.05, 4.69) is 0 Å². The van der Waals surface area contributed by atoms with Gasteiger partial charge < -0.3 is 15.7 Å². The fourth-order valence-electron chi connectivity index (χ4n) is 2.10. The summed E-state index contributed by atoms with van der Waals surface area (Å²) < 4.78 is 0. The number of carbonyl (C=O) groups is 2. The highest BCUT2D eigenvalue weighted by molar-refractivity contribution is 5.81. The third-order valence-electron chi connectivity index (χ3n) is 2.79. The Labute approximate surface area is 69.1 Å². The molecule has 0 unspecified atom stereocenters. The number of fused-ring (bicyclic) bond motifs is 1. The number of amides is 2. The summed E-state index contributed by atoms with van der Waals surface area (Å²) in [6, 6.07) is 0. The first kappa shape index (κ1) is 7.39. The zero-order valence-electron chi connectivity index (χ0n) is 6.43. The number of likely N-dealkylation sites (tertiary alicyclic amines) is 1. The average Bonchev–Trinajstić information content (AvgIpc) is 2.48. The van der Waals surface area contributed by atoms with Crippen LogP contribution in [0.4, 0.5) is 4.79 Å². The van der Waals surface area contributed by atoms with Crippen molar-refractivity contribution in [1.82, 2.24) is 4.90 Å². The molecule has 2 rings (SSSR count). The first-order valence-corrected chi connectivity index (χ1v) is 3.88. The summed E-state index contributed by atoms with van der Waals surface area (Å²) >= 11 is 0. The second-order valence-electron chi connectivity index (χ2n) is 3.44. The van der Waals surface area contributed by atoms with Gasteiger partial charge >= 0.3 is 6.09 Å². The summed E-state index contributed by atoms with van der Waals surface area (Å²) in [5.41, 5.74) is 5.10. The molecule has 1 aliphatic heterocycles. The van der Waals surface area contributed by atoms with E-state index in [0.29, 0.717) is 13.1 Å². The second kappa shape index (κ2) is 2.12. The van der Waals surface area contributed by atoms with Crippen molar-refractivity contribution in [3.05, 3.63) is 0 Å². The number of nitrogens with zero attached hydrogens (tertiary/aromatic N) is 1. The summed E-state index contributed by atoms with van der Waals surface area (Å²) in [6.07, 6.45) is -0.898. The molecule has 0 aromatic heterocycles. The Morgan fingerprint density at radius 1 is 1.33 bits per heavy atom. The molecular weight excluding hydrogens is 160 g/mol. The SMILES string of the molecule is NC(=O)[C@@H]1[C@@H]2CN(C(=O)O)C[C@@H]21. The van der Waals surface area contributed by atoms with Gasteiger partial charge in [0.25, 0.3) is 0 Å². The highest BCUT2D eigenvalue weighted by Gasteiger charge is 2.59. The van der Waals surface area contributed by atoms with Crippen LogP contribution in [0.2, 0.25) is 0 Å². The monoisotopic (exact) mass is 170 g/mol. The number of nitrogens with two attached hydrogens (primary N) is 1. The maximum absolute atomic E-state index is 10.7. The molecule has 2 amide bonds. The Balaban J connectivity index is 1.94. The van der Waals surface area contributed by atoms with Crippen molar-refractivity contribution in [3.8, 4) is 0 Å². The minimum absolute atomic E-state index is 0.0550. The maximum Gasteiger partial charge on any atom is 0.407 e. The van der Waals surface area contributed by atoms with Crippen molar-refractivity contribution in [2.24, 2.45) is 23.5 Å². The van der Waals surface area contributed by atoms with Crippen molar-refractivity contribution >= 4 is 12.0 Å². The van der Waals surface area contributed by atoms with Crippen LogP contribution in [0.15, 0.2) is 0 Å². The van der Waals surface area contributed by atoms with Gasteiger partial charge in [-0.2, -0.15) is 0 Å². The van der Waals surface area contributed by atoms with Crippen LogP contribution in [0, 0.1) is 17.8 Å². The molecule has 1 saturated carbocycles. The molecule has 0 aromatic rings. The zero-order valence-corrected chi connectivity index (χ0v) is 6.43. The fourth-order valence-corrected chi connectivity index (χ4v) is 2.10. The highest BCUT2D eigenvalue weighted by Crippen LogP contribution is 2.51. The van der Waals surface area contributed by atoms with E-state index >= 15 is 0 Å². The van der Waals surface area contributed by atoms with Crippen LogP contribution < -0.4 is 5.73 Å². The Hall–Kier alpha value is -1.26. The minimum Gasteiger partial charge on any atom is -0.465 e. The Kier molecular flexibility index (Phi) is 1.31. The number of hydrogen-bond donors (Lipinski definition) is 2. The summed E-state index contributed by atoms with van der Waals surface area (Å²) in [4.78, 5) is 22.5. The summed E-state index contributed by atoms with van der Waals surface area (Å²) in [5.74, 6) is 0.0767. The fraction of sp³-hybridized carbons (Fsp3) is 0.714. The molecule has 1 aliphatic carbocycles. The number of hydrogen-bond acceptors (Lipinski definition) is 2. The van der Waals surface area contributed by atoms with Gasteiger partial charge in [-0.15, -0.1) is 0 Å². The Morgan fingerprint density at radius 2 is 1.83 bits per heavy atom. The molecule has 3 N–H and O–H groups in total. The lowest BCUT2D eigenvalue weighted by atomic mass is 10.2. The van der Waals surface area contributed by atoms with Crippen LogP contribution in [-0.2, 0) is 4.79 Å². The smallest absolute Gasteiger partial charge is 0.407 e. The van der Waals surface area contributed by atoms with Crippen LogP contribution in [-0.4, -0.2) is 35.1 Å². The summed E-state index contributed by atoms with van der Waals surface area (Å²) in [7, 11) is 0. The molecule has 12 heavy (non-hydrogen) atoms. The van der Waals surface area contributed by atoms with Gasteiger partial charge in [-0.05, 0) is 11.8 Å². The molecule has 3 atom stereocenters. The molecule has 0 aromatic carbocycles. The third-order valence-corrected chi connectivity index (χ3v) is 2.79. The van der Waals surface area contributed by atoms with Gasteiger partial charge in [-0.25, -0.2) is 4.79 Å². The predicted molar refractivity (Wildman–Crippen MR) is 39.3 cm³/mol. The molecule has 0 spiro atoms. The number of primary amides is 1. The number of carboxylic acid groups (broad SMARTS) is 1. The Morgan fingerprint density at radius 3 is 2.17 bits per heavy atom. The van der Waals surface area contributed by atoms with E-state index in [1.54, 1.807) is 0 Å². The van der Waals surface area contributed by atoms with Crippen LogP contribution in [0.25, 0.3) is 0 Å². The van der Waals surface area contributed by atoms with E-state index in [-0.39, 0.29) is 23.7 Å². The highest BCUT2D eigenvalue weighted by atomic mass is 16.4. The summed E-state index contributed by atoms with van der Waals surface area (Å²) in [5, 5.41) is 8.59. The molecule has 2 aliphatic rings. The van der Waals surface area contributed by atoms with Gasteiger partial charge in [0.05, 0.1) is 0 Å². The molecule has 5 heteroatoms. The standard InChI is InChI=1S/C7H10N2O3/c8-6(10)5-3-1-9(7(11)12)2-4(3)5/h3-5H,1-2H2,(H2,8,10)(H,11,12)/t3-,4+,5-. The topological polar surface area (TPSA) is 83.6 Å². The van der Waals surface area contributed by atoms with E-state index in [1.165, 1.54) is 4.90 Å². The largest absolute Gasteiger partial charge is 0.465 e. The van der Waals surface area contributed by atoms with E-state index in [4.69, 9.17) is 10.8 Å². The van der Waals surface area contributed by atoms with Crippen molar-refractivity contribution in [1.29, 1.82) is 0 Å². The van der Waals surface area contributed by atoms with Crippen molar-refractivity contribution in [2.45, 2.75) is 0 Å². The van der Waals surface area contributed by atoms with Crippen molar-refractivity contribution < 1.29 is 14.7 Å². The maximum atomic E-state index is 10.7. The lowest BCUT2D eigenvalue weighted by Gasteiger charge is -2.14. The Bertz CT molecular complexity index is 229. The first-order chi connectivity index (χ1) is 5.61. The predicted octanol–water partition coefficient (Wildman–Crippen LogP) is -0.673. The van der Waals surface area contributed by atoms with E-state index in [0.717, 1.165) is 0 Å². The van der Waals surface area contributed by atoms with Gasteiger partial charge in [0, 0.05) is 19.0 Å². The van der Waals surface area contributed by atoms with Crippen LogP contribution in [0.3, 0.4) is 0 Å². The van der Waals surface area contributed by atoms with Gasteiger partial charge in [0.15, 0.2) is 0 Å². The molecular formula is C7H10N2O3. The molecule has 2 fully saturated rings. The first-order valence-electron chi connectivity index (χ1n) is 3.88. The molecule has 5 nitrogen and oxygen atoms in total. The van der Waals surface area contributed by atoms with Gasteiger partial charge in [-0.1, -0.05) is 0 Å². The van der Waals surface area contributed by atoms with Crippen molar-refractivity contribution in [3.63, 3.8) is 0 Å². The normalized spacial score (nSPS) is 37.7. The van der Waals surface area contributed by atoms with Crippen LogP contribution >= 0.6 is 0 Å². The molecule has 1 saturated heterocycles. The number of rotatable bonds is 1. The lowest BCUT2D eigenvalue weighted by Crippen LogP contribution is -2.32. The molecule has 0 radical (unpaired) electrons. The molecule has 66 valence electrons. The third kappa shape index (κ3) is 0.855. The average molecular weight is 170 g/mol.